The molecule has 0 heterocycles. The average molecular weight is 405 g/mol. The number of hydrogen-bond donors (Lipinski definition) is 0. The van der Waals surface area contributed by atoms with E-state index in [0.29, 0.717) is 22.6 Å². The number of carbonyl (C=O) groups excluding carboxylic acids is 1. The fourth-order valence-corrected chi connectivity index (χ4v) is 3.85. The van der Waals surface area contributed by atoms with Gasteiger partial charge in [-0.15, -0.1) is 0 Å². The maximum atomic E-state index is 13.6. The predicted molar refractivity (Wildman–Crippen MR) is 118 cm³/mol. The third-order valence-electron chi connectivity index (χ3n) is 5.22. The summed E-state index contributed by atoms with van der Waals surface area (Å²) in [5.74, 6) is 0.743. The van der Waals surface area contributed by atoms with E-state index in [-0.39, 0.29) is 11.9 Å². The molecule has 0 bridgehead atoms. The van der Waals surface area contributed by atoms with Gasteiger partial charge in [-0.05, 0) is 58.7 Å². The van der Waals surface area contributed by atoms with Gasteiger partial charge >= 0.3 is 0 Å². The van der Waals surface area contributed by atoms with Crippen LogP contribution < -0.4 is 4.74 Å². The molecule has 146 valence electrons. The van der Waals surface area contributed by atoms with Gasteiger partial charge in [-0.25, -0.2) is 0 Å². The van der Waals surface area contributed by atoms with E-state index in [4.69, 9.17) is 21.1 Å². The van der Waals surface area contributed by atoms with Gasteiger partial charge in [0.15, 0.2) is 5.78 Å². The molecule has 0 aromatic heterocycles. The van der Waals surface area contributed by atoms with E-state index in [0.717, 1.165) is 27.6 Å². The minimum absolute atomic E-state index is 0.00993. The maximum absolute atomic E-state index is 13.6. The van der Waals surface area contributed by atoms with Crippen molar-refractivity contribution in [3.05, 3.63) is 89.0 Å². The maximum Gasteiger partial charge on any atom is 0.193 e. The number of ketones is 1. The van der Waals surface area contributed by atoms with Gasteiger partial charge in [-0.2, -0.15) is 0 Å². The van der Waals surface area contributed by atoms with Crippen LogP contribution in [0.25, 0.3) is 21.9 Å². The van der Waals surface area contributed by atoms with Crippen molar-refractivity contribution >= 4 is 28.2 Å². The van der Waals surface area contributed by atoms with E-state index in [1.165, 1.54) is 0 Å². The van der Waals surface area contributed by atoms with Crippen molar-refractivity contribution in [1.82, 2.24) is 0 Å². The Morgan fingerprint density at radius 3 is 2.62 bits per heavy atom. The van der Waals surface area contributed by atoms with Crippen molar-refractivity contribution in [2.45, 2.75) is 12.5 Å². The molecule has 0 fully saturated rings. The second kappa shape index (κ2) is 8.24. The summed E-state index contributed by atoms with van der Waals surface area (Å²) in [6, 6.07) is 17.3. The SMILES string of the molecule is COc1ccc2c(C(=O)C3=CCC(OC)C=C3)c(-c3cccc(Cl)c3)ccc2c1. The van der Waals surface area contributed by atoms with E-state index in [1.54, 1.807) is 14.2 Å². The summed E-state index contributed by atoms with van der Waals surface area (Å²) < 4.78 is 10.7. The van der Waals surface area contributed by atoms with Crippen LogP contribution in [-0.4, -0.2) is 26.1 Å². The van der Waals surface area contributed by atoms with Crippen LogP contribution in [0, 0.1) is 0 Å². The molecule has 0 spiro atoms. The van der Waals surface area contributed by atoms with Crippen molar-refractivity contribution < 1.29 is 14.3 Å². The van der Waals surface area contributed by atoms with Crippen LogP contribution in [0.4, 0.5) is 0 Å². The highest BCUT2D eigenvalue weighted by molar-refractivity contribution is 6.31. The molecule has 1 aliphatic carbocycles. The van der Waals surface area contributed by atoms with Crippen molar-refractivity contribution in [3.63, 3.8) is 0 Å². The molecule has 29 heavy (non-hydrogen) atoms. The second-order valence-corrected chi connectivity index (χ2v) is 7.38. The van der Waals surface area contributed by atoms with E-state index < -0.39 is 0 Å². The Morgan fingerprint density at radius 1 is 1.07 bits per heavy atom. The minimum atomic E-state index is -0.0125. The van der Waals surface area contributed by atoms with E-state index >= 15 is 0 Å². The standard InChI is InChI=1S/C25H21ClO3/c1-28-20-9-6-16(7-10-20)25(27)24-22(17-4-3-5-19(26)14-17)12-8-18-15-21(29-2)11-13-23(18)24/h3-9,11-15,20H,10H2,1-2H3. The molecule has 3 nitrogen and oxygen atoms in total. The third kappa shape index (κ3) is 3.84. The predicted octanol–water partition coefficient (Wildman–Crippen LogP) is 6.25. The van der Waals surface area contributed by atoms with Crippen LogP contribution in [0.3, 0.4) is 0 Å². The first-order valence-electron chi connectivity index (χ1n) is 9.43. The lowest BCUT2D eigenvalue weighted by Gasteiger charge is -2.17. The van der Waals surface area contributed by atoms with E-state index in [2.05, 4.69) is 0 Å². The highest BCUT2D eigenvalue weighted by Gasteiger charge is 2.21. The smallest absolute Gasteiger partial charge is 0.193 e. The molecule has 0 amide bonds. The minimum Gasteiger partial charge on any atom is -0.497 e. The summed E-state index contributed by atoms with van der Waals surface area (Å²) in [7, 11) is 3.31. The summed E-state index contributed by atoms with van der Waals surface area (Å²) in [6.45, 7) is 0. The first-order chi connectivity index (χ1) is 14.1. The number of Topliss-reactive ketones (excluding diaryl/α,β-unsaturated/α-hetero) is 1. The molecule has 0 saturated heterocycles. The Bertz CT molecular complexity index is 1140. The molecule has 0 radical (unpaired) electrons. The largest absolute Gasteiger partial charge is 0.497 e. The lowest BCUT2D eigenvalue weighted by molar-refractivity contribution is 0.103. The Hall–Kier alpha value is -2.88. The summed E-state index contributed by atoms with van der Waals surface area (Å²) in [4.78, 5) is 13.6. The second-order valence-electron chi connectivity index (χ2n) is 6.94. The molecular weight excluding hydrogens is 384 g/mol. The van der Waals surface area contributed by atoms with Gasteiger partial charge in [0.25, 0.3) is 0 Å². The monoisotopic (exact) mass is 404 g/mol. The number of ether oxygens (including phenoxy) is 2. The highest BCUT2D eigenvalue weighted by atomic mass is 35.5. The van der Waals surface area contributed by atoms with Gasteiger partial charge in [-0.1, -0.05) is 54.1 Å². The molecule has 0 N–H and O–H groups in total. The van der Waals surface area contributed by atoms with Gasteiger partial charge in [0.05, 0.1) is 13.2 Å². The number of halogens is 1. The molecule has 1 atom stereocenters. The zero-order valence-electron chi connectivity index (χ0n) is 16.3. The third-order valence-corrected chi connectivity index (χ3v) is 5.45. The molecule has 3 aromatic rings. The van der Waals surface area contributed by atoms with Crippen molar-refractivity contribution in [2.75, 3.05) is 14.2 Å². The fraction of sp³-hybridized carbons (Fsp3) is 0.160. The van der Waals surface area contributed by atoms with Crippen molar-refractivity contribution in [2.24, 2.45) is 0 Å². The number of fused-ring (bicyclic) bond motifs is 1. The molecular formula is C25H21ClO3. The van der Waals surface area contributed by atoms with Crippen LogP contribution >= 0.6 is 11.6 Å². The molecule has 0 saturated carbocycles. The van der Waals surface area contributed by atoms with Crippen LogP contribution in [-0.2, 0) is 4.74 Å². The number of hydrogen-bond acceptors (Lipinski definition) is 3. The first-order valence-corrected chi connectivity index (χ1v) is 9.81. The lowest BCUT2D eigenvalue weighted by Crippen LogP contribution is -2.13. The van der Waals surface area contributed by atoms with Crippen LogP contribution in [0.15, 0.2) is 78.4 Å². The summed E-state index contributed by atoms with van der Waals surface area (Å²) >= 11 is 6.23. The quantitative estimate of drug-likeness (QED) is 0.471. The molecule has 1 aliphatic rings. The van der Waals surface area contributed by atoms with Crippen molar-refractivity contribution in [1.29, 1.82) is 0 Å². The summed E-state index contributed by atoms with van der Waals surface area (Å²) in [5, 5.41) is 2.47. The molecule has 4 rings (SSSR count). The van der Waals surface area contributed by atoms with Gasteiger partial charge in [0.2, 0.25) is 0 Å². The van der Waals surface area contributed by atoms with Crippen LogP contribution in [0.5, 0.6) is 5.75 Å². The lowest BCUT2D eigenvalue weighted by atomic mass is 9.87. The number of carbonyl (C=O) groups is 1. The molecule has 1 unspecified atom stereocenters. The zero-order chi connectivity index (χ0) is 20.4. The molecule has 3 aromatic carbocycles. The summed E-state index contributed by atoms with van der Waals surface area (Å²) in [6.07, 6.45) is 6.42. The number of allylic oxidation sites excluding steroid dienone is 2. The fourth-order valence-electron chi connectivity index (χ4n) is 3.66. The Kier molecular flexibility index (Phi) is 5.52. The highest BCUT2D eigenvalue weighted by Crippen LogP contribution is 2.35. The van der Waals surface area contributed by atoms with Gasteiger partial charge in [0, 0.05) is 23.3 Å². The number of benzene rings is 3. The zero-order valence-corrected chi connectivity index (χ0v) is 17.1. The topological polar surface area (TPSA) is 35.5 Å². The van der Waals surface area contributed by atoms with Gasteiger partial charge in [0.1, 0.15) is 5.75 Å². The normalized spacial score (nSPS) is 16.0. The number of rotatable bonds is 5. The van der Waals surface area contributed by atoms with Gasteiger partial charge in [-0.3, -0.25) is 4.79 Å². The van der Waals surface area contributed by atoms with Crippen LogP contribution in [0.1, 0.15) is 16.8 Å². The summed E-state index contributed by atoms with van der Waals surface area (Å²) in [5.41, 5.74) is 3.11. The Balaban J connectivity index is 1.91. The van der Waals surface area contributed by atoms with Gasteiger partial charge < -0.3 is 9.47 Å². The van der Waals surface area contributed by atoms with Crippen LogP contribution in [0.2, 0.25) is 5.02 Å². The van der Waals surface area contributed by atoms with E-state index in [9.17, 15) is 4.79 Å². The molecule has 4 heteroatoms. The average Bonchev–Trinajstić information content (AvgIpc) is 2.77. The Morgan fingerprint density at radius 2 is 1.93 bits per heavy atom. The van der Waals surface area contributed by atoms with E-state index in [1.807, 2.05) is 72.8 Å². The number of methoxy groups -OCH3 is 2. The molecule has 0 aliphatic heterocycles. The Labute approximate surface area is 175 Å². The first kappa shape index (κ1) is 19.4. The van der Waals surface area contributed by atoms with Crippen molar-refractivity contribution in [3.8, 4) is 16.9 Å².